The van der Waals surface area contributed by atoms with E-state index < -0.39 is 0 Å². The predicted octanol–water partition coefficient (Wildman–Crippen LogP) is 5.27. The van der Waals surface area contributed by atoms with Crippen LogP contribution in [0, 0.1) is 0 Å². The highest BCUT2D eigenvalue weighted by molar-refractivity contribution is 9.10. The highest BCUT2D eigenvalue weighted by Gasteiger charge is 2.05. The molecule has 0 atom stereocenters. The molecule has 0 spiro atoms. The van der Waals surface area contributed by atoms with E-state index in [4.69, 9.17) is 11.6 Å². The van der Waals surface area contributed by atoms with Gasteiger partial charge in [0.15, 0.2) is 0 Å². The van der Waals surface area contributed by atoms with Gasteiger partial charge in [-0.1, -0.05) is 59.6 Å². The maximum absolute atomic E-state index is 6.24. The smallest absolute Gasteiger partial charge is 0.0451 e. The van der Waals surface area contributed by atoms with Crippen molar-refractivity contribution in [2.45, 2.75) is 26.4 Å². The summed E-state index contributed by atoms with van der Waals surface area (Å²) in [5.74, 6) is 0. The third-order valence-electron chi connectivity index (χ3n) is 2.92. The topological polar surface area (TPSA) is 12.0 Å². The molecule has 0 unspecified atom stereocenters. The van der Waals surface area contributed by atoms with Gasteiger partial charge in [-0.2, -0.15) is 0 Å². The SMILES string of the molecule is CC(C)NCc1cc(-c2ccc(Br)cc2)ccc1Cl. The molecule has 2 aromatic carbocycles. The standard InChI is InChI=1S/C16H17BrClN/c1-11(2)19-10-14-9-13(5-8-16(14)18)12-3-6-15(17)7-4-12/h3-9,11,19H,10H2,1-2H3. The van der Waals surface area contributed by atoms with E-state index in [2.05, 4.69) is 71.5 Å². The van der Waals surface area contributed by atoms with Gasteiger partial charge in [-0.3, -0.25) is 0 Å². The van der Waals surface area contributed by atoms with E-state index >= 15 is 0 Å². The number of halogens is 2. The number of benzene rings is 2. The van der Waals surface area contributed by atoms with Crippen LogP contribution in [0.4, 0.5) is 0 Å². The van der Waals surface area contributed by atoms with E-state index in [9.17, 15) is 0 Å². The number of rotatable bonds is 4. The molecular formula is C16H17BrClN. The van der Waals surface area contributed by atoms with Crippen molar-refractivity contribution in [3.63, 3.8) is 0 Å². The second kappa shape index (κ2) is 6.56. The van der Waals surface area contributed by atoms with Gasteiger partial charge in [0.25, 0.3) is 0 Å². The molecule has 0 saturated carbocycles. The minimum Gasteiger partial charge on any atom is -0.310 e. The Labute approximate surface area is 128 Å². The largest absolute Gasteiger partial charge is 0.310 e. The maximum Gasteiger partial charge on any atom is 0.0451 e. The van der Waals surface area contributed by atoms with Gasteiger partial charge >= 0.3 is 0 Å². The Morgan fingerprint density at radius 3 is 2.32 bits per heavy atom. The summed E-state index contributed by atoms with van der Waals surface area (Å²) in [5.41, 5.74) is 3.53. The third-order valence-corrected chi connectivity index (χ3v) is 3.82. The monoisotopic (exact) mass is 337 g/mol. The highest BCUT2D eigenvalue weighted by atomic mass is 79.9. The number of nitrogens with one attached hydrogen (secondary N) is 1. The van der Waals surface area contributed by atoms with Crippen molar-refractivity contribution in [2.75, 3.05) is 0 Å². The molecule has 3 heteroatoms. The van der Waals surface area contributed by atoms with E-state index in [1.54, 1.807) is 0 Å². The van der Waals surface area contributed by atoms with Crippen LogP contribution in [0.5, 0.6) is 0 Å². The van der Waals surface area contributed by atoms with Crippen molar-refractivity contribution in [1.29, 1.82) is 0 Å². The first-order valence-corrected chi connectivity index (χ1v) is 7.51. The molecule has 0 aromatic heterocycles. The van der Waals surface area contributed by atoms with Gasteiger partial charge in [0.05, 0.1) is 0 Å². The zero-order valence-corrected chi connectivity index (χ0v) is 13.4. The molecule has 0 heterocycles. The number of hydrogen-bond acceptors (Lipinski definition) is 1. The first-order valence-electron chi connectivity index (χ1n) is 6.34. The van der Waals surface area contributed by atoms with Crippen LogP contribution in [0.3, 0.4) is 0 Å². The Balaban J connectivity index is 2.27. The zero-order chi connectivity index (χ0) is 13.8. The van der Waals surface area contributed by atoms with Crippen LogP contribution in [0.15, 0.2) is 46.9 Å². The zero-order valence-electron chi connectivity index (χ0n) is 11.1. The molecule has 2 rings (SSSR count). The fourth-order valence-electron chi connectivity index (χ4n) is 1.85. The molecule has 0 bridgehead atoms. The van der Waals surface area contributed by atoms with Crippen LogP contribution in [0.25, 0.3) is 11.1 Å². The quantitative estimate of drug-likeness (QED) is 0.801. The molecule has 0 fully saturated rings. The average Bonchev–Trinajstić information content (AvgIpc) is 2.39. The van der Waals surface area contributed by atoms with Crippen molar-refractivity contribution in [2.24, 2.45) is 0 Å². The third kappa shape index (κ3) is 4.07. The van der Waals surface area contributed by atoms with Crippen LogP contribution in [0.2, 0.25) is 5.02 Å². The Bertz CT molecular complexity index is 549. The second-order valence-corrected chi connectivity index (χ2v) is 6.17. The molecular weight excluding hydrogens is 322 g/mol. The van der Waals surface area contributed by atoms with Crippen LogP contribution in [-0.4, -0.2) is 6.04 Å². The summed E-state index contributed by atoms with van der Waals surface area (Å²) in [6.45, 7) is 5.06. The summed E-state index contributed by atoms with van der Waals surface area (Å²) in [7, 11) is 0. The Morgan fingerprint density at radius 1 is 1.05 bits per heavy atom. The average molecular weight is 339 g/mol. The molecule has 0 aliphatic heterocycles. The van der Waals surface area contributed by atoms with Gasteiger partial charge in [-0.15, -0.1) is 0 Å². The van der Waals surface area contributed by atoms with Crippen LogP contribution < -0.4 is 5.32 Å². The van der Waals surface area contributed by atoms with Gasteiger partial charge in [-0.25, -0.2) is 0 Å². The van der Waals surface area contributed by atoms with E-state index in [1.165, 1.54) is 11.1 Å². The molecule has 0 radical (unpaired) electrons. The van der Waals surface area contributed by atoms with Gasteiger partial charge in [0.2, 0.25) is 0 Å². The second-order valence-electron chi connectivity index (χ2n) is 4.85. The van der Waals surface area contributed by atoms with Gasteiger partial charge in [0, 0.05) is 22.1 Å². The van der Waals surface area contributed by atoms with Gasteiger partial charge in [-0.05, 0) is 41.0 Å². The fraction of sp³-hybridized carbons (Fsp3) is 0.250. The summed E-state index contributed by atoms with van der Waals surface area (Å²) >= 11 is 9.70. The summed E-state index contributed by atoms with van der Waals surface area (Å²) in [4.78, 5) is 0. The van der Waals surface area contributed by atoms with Crippen LogP contribution >= 0.6 is 27.5 Å². The van der Waals surface area contributed by atoms with Crippen molar-refractivity contribution in [1.82, 2.24) is 5.32 Å². The highest BCUT2D eigenvalue weighted by Crippen LogP contribution is 2.26. The van der Waals surface area contributed by atoms with Crippen LogP contribution in [-0.2, 0) is 6.54 Å². The molecule has 1 N–H and O–H groups in total. The van der Waals surface area contributed by atoms with E-state index in [1.807, 2.05) is 6.07 Å². The molecule has 0 aliphatic rings. The van der Waals surface area contributed by atoms with E-state index in [0.717, 1.165) is 21.6 Å². The van der Waals surface area contributed by atoms with E-state index in [0.29, 0.717) is 6.04 Å². The number of hydrogen-bond donors (Lipinski definition) is 1. The lowest BCUT2D eigenvalue weighted by Gasteiger charge is -2.11. The molecule has 0 aliphatic carbocycles. The lowest BCUT2D eigenvalue weighted by Crippen LogP contribution is -2.21. The molecule has 0 amide bonds. The Kier molecular flexibility index (Phi) is 5.03. The molecule has 19 heavy (non-hydrogen) atoms. The summed E-state index contributed by atoms with van der Waals surface area (Å²) < 4.78 is 1.09. The summed E-state index contributed by atoms with van der Waals surface area (Å²) in [6, 6.07) is 14.9. The molecule has 100 valence electrons. The van der Waals surface area contributed by atoms with Gasteiger partial charge < -0.3 is 5.32 Å². The fourth-order valence-corrected chi connectivity index (χ4v) is 2.29. The van der Waals surface area contributed by atoms with Crippen molar-refractivity contribution in [3.05, 3.63) is 57.5 Å². The normalized spacial score (nSPS) is 11.0. The predicted molar refractivity (Wildman–Crippen MR) is 86.6 cm³/mol. The first kappa shape index (κ1) is 14.6. The Hall–Kier alpha value is -0.830. The maximum atomic E-state index is 6.24. The minimum absolute atomic E-state index is 0.451. The lowest BCUT2D eigenvalue weighted by molar-refractivity contribution is 0.589. The van der Waals surface area contributed by atoms with Crippen molar-refractivity contribution in [3.8, 4) is 11.1 Å². The molecule has 0 saturated heterocycles. The lowest BCUT2D eigenvalue weighted by atomic mass is 10.0. The summed E-state index contributed by atoms with van der Waals surface area (Å²) in [6.07, 6.45) is 0. The first-order chi connectivity index (χ1) is 9.06. The molecule has 1 nitrogen and oxygen atoms in total. The van der Waals surface area contributed by atoms with Gasteiger partial charge in [0.1, 0.15) is 0 Å². The summed E-state index contributed by atoms with van der Waals surface area (Å²) in [5, 5.41) is 4.21. The van der Waals surface area contributed by atoms with E-state index in [-0.39, 0.29) is 0 Å². The van der Waals surface area contributed by atoms with Crippen molar-refractivity contribution >= 4 is 27.5 Å². The van der Waals surface area contributed by atoms with Crippen LogP contribution in [0.1, 0.15) is 19.4 Å². The molecule has 2 aromatic rings. The minimum atomic E-state index is 0.451. The van der Waals surface area contributed by atoms with Crippen molar-refractivity contribution < 1.29 is 0 Å². The Morgan fingerprint density at radius 2 is 1.68 bits per heavy atom.